The van der Waals surface area contributed by atoms with Crippen molar-refractivity contribution in [3.63, 3.8) is 0 Å². The van der Waals surface area contributed by atoms with E-state index < -0.39 is 23.8 Å². The number of aliphatic hydroxyl groups excluding tert-OH is 1. The minimum Gasteiger partial charge on any atom is -0.488 e. The number of anilines is 1. The van der Waals surface area contributed by atoms with Crippen LogP contribution in [-0.2, 0) is 22.5 Å². The van der Waals surface area contributed by atoms with Gasteiger partial charge in [0.2, 0.25) is 0 Å². The number of esters is 1. The lowest BCUT2D eigenvalue weighted by atomic mass is 9.91. The summed E-state index contributed by atoms with van der Waals surface area (Å²) in [6.07, 6.45) is -1.000. The van der Waals surface area contributed by atoms with Crippen molar-refractivity contribution in [1.82, 2.24) is 0 Å². The number of methoxy groups -OCH3 is 1. The van der Waals surface area contributed by atoms with Crippen LogP contribution in [0.25, 0.3) is 10.8 Å². The predicted molar refractivity (Wildman–Crippen MR) is 129 cm³/mol. The van der Waals surface area contributed by atoms with Gasteiger partial charge in [-0.05, 0) is 43.4 Å². The fourth-order valence-corrected chi connectivity index (χ4v) is 4.17. The van der Waals surface area contributed by atoms with E-state index in [1.807, 2.05) is 36.4 Å². The van der Waals surface area contributed by atoms with Crippen LogP contribution in [0.1, 0.15) is 42.3 Å². The fraction of sp³-hybridized carbons (Fsp3) is 0.333. The zero-order chi connectivity index (χ0) is 24.5. The molecule has 1 unspecified atom stereocenters. The molecule has 1 amide bonds. The lowest BCUT2D eigenvalue weighted by molar-refractivity contribution is 0.0547. The Labute approximate surface area is 198 Å². The third-order valence-corrected chi connectivity index (χ3v) is 5.59. The van der Waals surface area contributed by atoms with Gasteiger partial charge in [-0.15, -0.1) is 0 Å². The molecule has 34 heavy (non-hydrogen) atoms. The van der Waals surface area contributed by atoms with Crippen LogP contribution >= 0.6 is 0 Å². The number of nitrogens with zero attached hydrogens (tertiary/aromatic N) is 1. The topological polar surface area (TPSA) is 85.3 Å². The minimum absolute atomic E-state index is 0.0994. The van der Waals surface area contributed by atoms with Crippen LogP contribution in [0.5, 0.6) is 5.75 Å². The molecule has 7 heteroatoms. The maximum absolute atomic E-state index is 13.0. The molecule has 1 N–H and O–H groups in total. The molecule has 0 fully saturated rings. The molecule has 0 saturated heterocycles. The highest BCUT2D eigenvalue weighted by Gasteiger charge is 2.33. The summed E-state index contributed by atoms with van der Waals surface area (Å²) in [5.74, 6) is -0.0426. The fourth-order valence-electron chi connectivity index (χ4n) is 4.17. The van der Waals surface area contributed by atoms with Gasteiger partial charge in [-0.3, -0.25) is 4.90 Å². The van der Waals surface area contributed by atoms with E-state index in [0.29, 0.717) is 28.8 Å². The van der Waals surface area contributed by atoms with E-state index in [0.717, 1.165) is 16.5 Å². The second-order valence-electron chi connectivity index (χ2n) is 9.32. The van der Waals surface area contributed by atoms with Crippen molar-refractivity contribution in [2.45, 2.75) is 45.5 Å². The second kappa shape index (κ2) is 9.35. The molecule has 1 atom stereocenters. The Hall–Kier alpha value is -3.58. The van der Waals surface area contributed by atoms with E-state index in [9.17, 15) is 14.7 Å². The number of carbonyl (C=O) groups excluding carboxylic acids is 2. The summed E-state index contributed by atoms with van der Waals surface area (Å²) in [6.45, 7) is 5.76. The second-order valence-corrected chi connectivity index (χ2v) is 9.32. The number of ether oxygens (including phenoxy) is 3. The van der Waals surface area contributed by atoms with E-state index in [1.54, 1.807) is 39.0 Å². The average molecular weight is 464 g/mol. The van der Waals surface area contributed by atoms with Crippen LogP contribution in [-0.4, -0.2) is 42.5 Å². The monoisotopic (exact) mass is 463 g/mol. The predicted octanol–water partition coefficient (Wildman–Crippen LogP) is 4.86. The molecule has 0 aliphatic carbocycles. The highest BCUT2D eigenvalue weighted by molar-refractivity contribution is 6.10. The van der Waals surface area contributed by atoms with E-state index in [-0.39, 0.29) is 13.2 Å². The van der Waals surface area contributed by atoms with Gasteiger partial charge in [0, 0.05) is 17.9 Å². The molecular weight excluding hydrogens is 434 g/mol. The molecule has 7 nitrogen and oxygen atoms in total. The average Bonchev–Trinajstić information content (AvgIpc) is 2.81. The number of fused-ring (bicyclic) bond motifs is 3. The van der Waals surface area contributed by atoms with Gasteiger partial charge in [0.05, 0.1) is 31.0 Å². The molecule has 1 aliphatic rings. The third kappa shape index (κ3) is 4.84. The van der Waals surface area contributed by atoms with Crippen molar-refractivity contribution in [1.29, 1.82) is 0 Å². The van der Waals surface area contributed by atoms with E-state index in [4.69, 9.17) is 14.2 Å². The van der Waals surface area contributed by atoms with Crippen LogP contribution in [0.2, 0.25) is 0 Å². The first-order chi connectivity index (χ1) is 16.2. The molecule has 1 heterocycles. The molecule has 0 aromatic heterocycles. The molecule has 3 aromatic rings. The van der Waals surface area contributed by atoms with Crippen molar-refractivity contribution < 1.29 is 28.9 Å². The first-order valence-electron chi connectivity index (χ1n) is 11.2. The Morgan fingerprint density at radius 1 is 1.09 bits per heavy atom. The van der Waals surface area contributed by atoms with Crippen LogP contribution in [0.3, 0.4) is 0 Å². The summed E-state index contributed by atoms with van der Waals surface area (Å²) in [7, 11) is 1.33. The Kier molecular flexibility index (Phi) is 6.48. The van der Waals surface area contributed by atoms with Crippen molar-refractivity contribution in [2.24, 2.45) is 0 Å². The summed E-state index contributed by atoms with van der Waals surface area (Å²) in [6, 6.07) is 16.7. The van der Waals surface area contributed by atoms with Gasteiger partial charge < -0.3 is 19.3 Å². The van der Waals surface area contributed by atoms with Crippen molar-refractivity contribution in [3.05, 3.63) is 71.3 Å². The molecule has 0 saturated carbocycles. The van der Waals surface area contributed by atoms with Gasteiger partial charge in [0.25, 0.3) is 0 Å². The van der Waals surface area contributed by atoms with Gasteiger partial charge in [-0.25, -0.2) is 9.59 Å². The van der Waals surface area contributed by atoms with E-state index >= 15 is 0 Å². The first kappa shape index (κ1) is 23.6. The van der Waals surface area contributed by atoms with Crippen LogP contribution < -0.4 is 9.64 Å². The SMILES string of the molecule is COC(=O)c1cccc2c3c(cc(OCc4ccccc4)c12)N(C(=O)OC(C)(C)C)CC(O)C3. The Balaban J connectivity index is 1.89. The normalized spacial score (nSPS) is 15.6. The van der Waals surface area contributed by atoms with Crippen LogP contribution in [0, 0.1) is 0 Å². The quantitative estimate of drug-likeness (QED) is 0.556. The van der Waals surface area contributed by atoms with E-state index in [1.165, 1.54) is 12.0 Å². The summed E-state index contributed by atoms with van der Waals surface area (Å²) >= 11 is 0. The number of rotatable bonds is 4. The van der Waals surface area contributed by atoms with Gasteiger partial charge in [-0.1, -0.05) is 42.5 Å². The summed E-state index contributed by atoms with van der Waals surface area (Å²) in [5, 5.41) is 11.9. The highest BCUT2D eigenvalue weighted by atomic mass is 16.6. The summed E-state index contributed by atoms with van der Waals surface area (Å²) in [5.41, 5.74) is 1.97. The van der Waals surface area contributed by atoms with Crippen molar-refractivity contribution in [2.75, 3.05) is 18.6 Å². The molecule has 1 aliphatic heterocycles. The largest absolute Gasteiger partial charge is 0.488 e. The number of hydrogen-bond acceptors (Lipinski definition) is 6. The maximum atomic E-state index is 13.0. The van der Waals surface area contributed by atoms with E-state index in [2.05, 4.69) is 0 Å². The van der Waals surface area contributed by atoms with Gasteiger partial charge >= 0.3 is 12.1 Å². The number of aliphatic hydroxyl groups is 1. The number of benzene rings is 3. The van der Waals surface area contributed by atoms with Crippen molar-refractivity contribution in [3.8, 4) is 5.75 Å². The molecule has 3 aromatic carbocycles. The smallest absolute Gasteiger partial charge is 0.414 e. The molecule has 0 radical (unpaired) electrons. The lowest BCUT2D eigenvalue weighted by Gasteiger charge is -2.35. The zero-order valence-corrected chi connectivity index (χ0v) is 19.8. The van der Waals surface area contributed by atoms with Gasteiger partial charge in [0.15, 0.2) is 0 Å². The highest BCUT2D eigenvalue weighted by Crippen LogP contribution is 2.42. The number of carbonyl (C=O) groups is 2. The summed E-state index contributed by atoms with van der Waals surface area (Å²) in [4.78, 5) is 27.1. The van der Waals surface area contributed by atoms with Gasteiger partial charge in [0.1, 0.15) is 18.0 Å². The number of hydrogen-bond donors (Lipinski definition) is 1. The Morgan fingerprint density at radius 2 is 1.82 bits per heavy atom. The zero-order valence-electron chi connectivity index (χ0n) is 19.8. The molecule has 178 valence electrons. The Morgan fingerprint density at radius 3 is 2.50 bits per heavy atom. The van der Waals surface area contributed by atoms with Crippen molar-refractivity contribution >= 4 is 28.5 Å². The number of amides is 1. The third-order valence-electron chi connectivity index (χ3n) is 5.59. The minimum atomic E-state index is -0.777. The molecule has 0 spiro atoms. The van der Waals surface area contributed by atoms with Gasteiger partial charge in [-0.2, -0.15) is 0 Å². The maximum Gasteiger partial charge on any atom is 0.414 e. The molecule has 4 rings (SSSR count). The molecule has 0 bridgehead atoms. The Bertz CT molecular complexity index is 1220. The summed E-state index contributed by atoms with van der Waals surface area (Å²) < 4.78 is 16.8. The van der Waals surface area contributed by atoms with Crippen LogP contribution in [0.4, 0.5) is 10.5 Å². The standard InChI is InChI=1S/C27H29NO6/c1-27(2,3)34-26(31)28-15-18(29)13-21-19-11-8-12-20(25(30)32-4)24(19)23(14-22(21)28)33-16-17-9-6-5-7-10-17/h5-12,14,18,29H,13,15-16H2,1-4H3. The molecular formula is C27H29NO6. The lowest BCUT2D eigenvalue weighted by Crippen LogP contribution is -2.45. The van der Waals surface area contributed by atoms with Crippen LogP contribution in [0.15, 0.2) is 54.6 Å². The first-order valence-corrected chi connectivity index (χ1v) is 11.2. The number of β-amino-alcohol motifs (C(OH)–C–C–N with tert-alkyl or cyclic N) is 1.